The number of rotatable bonds is 4. The van der Waals surface area contributed by atoms with Crippen molar-refractivity contribution >= 4 is 10.9 Å². The van der Waals surface area contributed by atoms with Crippen molar-refractivity contribution in [2.45, 2.75) is 26.3 Å². The van der Waals surface area contributed by atoms with Gasteiger partial charge in [0.25, 0.3) is 5.56 Å². The van der Waals surface area contributed by atoms with Crippen LogP contribution in [0.2, 0.25) is 0 Å². The summed E-state index contributed by atoms with van der Waals surface area (Å²) in [5.74, 6) is 0.801. The number of aryl methyl sites for hydroxylation is 1. The van der Waals surface area contributed by atoms with Gasteiger partial charge in [0.15, 0.2) is 0 Å². The van der Waals surface area contributed by atoms with Crippen LogP contribution < -0.4 is 10.9 Å². The fourth-order valence-corrected chi connectivity index (χ4v) is 2.93. The summed E-state index contributed by atoms with van der Waals surface area (Å²) in [6.45, 7) is 6.89. The molecule has 5 heteroatoms. The lowest BCUT2D eigenvalue weighted by molar-refractivity contribution is 0.210. The molecule has 0 atom stereocenters. The fourth-order valence-electron chi connectivity index (χ4n) is 2.93. The normalized spacial score (nSPS) is 16.4. The Labute approximate surface area is 124 Å². The zero-order valence-corrected chi connectivity index (χ0v) is 12.5. The highest BCUT2D eigenvalue weighted by atomic mass is 16.1. The molecule has 1 aromatic carbocycles. The molecule has 0 spiro atoms. The summed E-state index contributed by atoms with van der Waals surface area (Å²) < 4.78 is 1.81. The number of nitrogens with one attached hydrogen (secondary N) is 1. The molecule has 0 saturated carbocycles. The van der Waals surface area contributed by atoms with Crippen LogP contribution in [0.5, 0.6) is 0 Å². The molecule has 0 bridgehead atoms. The van der Waals surface area contributed by atoms with Crippen molar-refractivity contribution in [3.8, 4) is 0 Å². The van der Waals surface area contributed by atoms with E-state index >= 15 is 0 Å². The van der Waals surface area contributed by atoms with Crippen LogP contribution in [0.25, 0.3) is 10.9 Å². The first-order valence-electron chi connectivity index (χ1n) is 7.65. The first-order valence-corrected chi connectivity index (χ1v) is 7.65. The molecule has 0 amide bonds. The summed E-state index contributed by atoms with van der Waals surface area (Å²) in [5.41, 5.74) is 0.867. The molecule has 21 heavy (non-hydrogen) atoms. The molecule has 0 unspecified atom stereocenters. The van der Waals surface area contributed by atoms with Crippen molar-refractivity contribution in [2.75, 3.05) is 26.3 Å². The maximum absolute atomic E-state index is 12.5. The molecule has 5 nitrogen and oxygen atoms in total. The minimum Gasteiger partial charge on any atom is -0.304 e. The number of para-hydroxylation sites is 1. The summed E-state index contributed by atoms with van der Waals surface area (Å²) in [6.07, 6.45) is 2.18. The summed E-state index contributed by atoms with van der Waals surface area (Å²) in [6, 6.07) is 7.56. The molecule has 2 heterocycles. The monoisotopic (exact) mass is 286 g/mol. The van der Waals surface area contributed by atoms with Gasteiger partial charge in [-0.15, -0.1) is 0 Å². The van der Waals surface area contributed by atoms with Crippen LogP contribution in [-0.4, -0.2) is 40.8 Å². The predicted molar refractivity (Wildman–Crippen MR) is 84.4 cm³/mol. The van der Waals surface area contributed by atoms with Crippen molar-refractivity contribution in [1.82, 2.24) is 19.8 Å². The van der Waals surface area contributed by atoms with E-state index in [0.29, 0.717) is 5.39 Å². The molecule has 112 valence electrons. The molecule has 0 radical (unpaired) electrons. The van der Waals surface area contributed by atoms with Gasteiger partial charge in [0.2, 0.25) is 0 Å². The van der Waals surface area contributed by atoms with E-state index in [-0.39, 0.29) is 5.56 Å². The topological polar surface area (TPSA) is 50.2 Å². The maximum Gasteiger partial charge on any atom is 0.261 e. The van der Waals surface area contributed by atoms with E-state index < -0.39 is 0 Å². The van der Waals surface area contributed by atoms with E-state index in [2.05, 4.69) is 15.2 Å². The smallest absolute Gasteiger partial charge is 0.261 e. The molecule has 1 aliphatic rings. The molecular formula is C16H22N4O. The van der Waals surface area contributed by atoms with E-state index in [0.717, 1.165) is 50.6 Å². The lowest BCUT2D eigenvalue weighted by Gasteiger charge is -2.27. The third kappa shape index (κ3) is 3.14. The van der Waals surface area contributed by atoms with Gasteiger partial charge >= 0.3 is 0 Å². The molecule has 3 rings (SSSR count). The van der Waals surface area contributed by atoms with Gasteiger partial charge in [-0.2, -0.15) is 0 Å². The van der Waals surface area contributed by atoms with E-state index in [1.807, 2.05) is 31.2 Å². The van der Waals surface area contributed by atoms with Gasteiger partial charge in [-0.05, 0) is 38.4 Å². The van der Waals surface area contributed by atoms with E-state index in [1.54, 1.807) is 4.57 Å². The lowest BCUT2D eigenvalue weighted by atomic mass is 10.2. The van der Waals surface area contributed by atoms with Gasteiger partial charge < -0.3 is 5.32 Å². The lowest BCUT2D eigenvalue weighted by Crippen LogP contribution is -2.42. The summed E-state index contributed by atoms with van der Waals surface area (Å²) in [7, 11) is 0. The van der Waals surface area contributed by atoms with Crippen molar-refractivity contribution in [1.29, 1.82) is 0 Å². The Morgan fingerprint density at radius 3 is 2.95 bits per heavy atom. The number of benzene rings is 1. The molecule has 2 aromatic rings. The summed E-state index contributed by atoms with van der Waals surface area (Å²) in [5, 5.41) is 4.09. The fraction of sp³-hybridized carbons (Fsp3) is 0.500. The van der Waals surface area contributed by atoms with Crippen LogP contribution in [0.1, 0.15) is 18.7 Å². The zero-order chi connectivity index (χ0) is 14.7. The quantitative estimate of drug-likeness (QED) is 0.922. The van der Waals surface area contributed by atoms with Crippen LogP contribution in [0.4, 0.5) is 0 Å². The van der Waals surface area contributed by atoms with Crippen LogP contribution in [0, 0.1) is 6.92 Å². The standard InChI is InChI=1S/C16H22N4O/c1-13-18-15-7-3-2-6-14(15)16(21)20(13)11-5-10-19-9-4-8-17-12-19/h2-3,6-7,17H,4-5,8-12H2,1H3. The molecule has 1 aliphatic heterocycles. The Morgan fingerprint density at radius 1 is 1.29 bits per heavy atom. The van der Waals surface area contributed by atoms with Crippen LogP contribution in [0.3, 0.4) is 0 Å². The SMILES string of the molecule is Cc1nc2ccccc2c(=O)n1CCCN1CCCNC1. The Kier molecular flexibility index (Phi) is 4.31. The van der Waals surface area contributed by atoms with Crippen molar-refractivity contribution < 1.29 is 0 Å². The highest BCUT2D eigenvalue weighted by Crippen LogP contribution is 2.08. The summed E-state index contributed by atoms with van der Waals surface area (Å²) in [4.78, 5) is 19.5. The molecule has 1 fully saturated rings. The molecule has 0 aliphatic carbocycles. The van der Waals surface area contributed by atoms with E-state index in [4.69, 9.17) is 0 Å². The first kappa shape index (κ1) is 14.2. The Balaban J connectivity index is 1.73. The number of hydrogen-bond acceptors (Lipinski definition) is 4. The van der Waals surface area contributed by atoms with Gasteiger partial charge in [0.05, 0.1) is 10.9 Å². The third-order valence-corrected chi connectivity index (χ3v) is 4.07. The number of nitrogens with zero attached hydrogens (tertiary/aromatic N) is 3. The summed E-state index contributed by atoms with van der Waals surface area (Å²) >= 11 is 0. The first-order chi connectivity index (χ1) is 10.3. The molecule has 1 aromatic heterocycles. The predicted octanol–water partition coefficient (Wildman–Crippen LogP) is 1.35. The second-order valence-electron chi connectivity index (χ2n) is 5.62. The molecule has 1 saturated heterocycles. The highest BCUT2D eigenvalue weighted by Gasteiger charge is 2.10. The third-order valence-electron chi connectivity index (χ3n) is 4.07. The Morgan fingerprint density at radius 2 is 2.14 bits per heavy atom. The second-order valence-corrected chi connectivity index (χ2v) is 5.62. The van der Waals surface area contributed by atoms with Gasteiger partial charge in [0, 0.05) is 26.3 Å². The van der Waals surface area contributed by atoms with Gasteiger partial charge in [-0.25, -0.2) is 4.98 Å². The average Bonchev–Trinajstić information content (AvgIpc) is 2.51. The minimum atomic E-state index is 0.0786. The number of fused-ring (bicyclic) bond motifs is 1. The van der Waals surface area contributed by atoms with Gasteiger partial charge in [-0.3, -0.25) is 14.3 Å². The molecule has 1 N–H and O–H groups in total. The Bertz CT molecular complexity index is 674. The minimum absolute atomic E-state index is 0.0786. The van der Waals surface area contributed by atoms with Gasteiger partial charge in [0.1, 0.15) is 5.82 Å². The Hall–Kier alpha value is -1.72. The van der Waals surface area contributed by atoms with Gasteiger partial charge in [-0.1, -0.05) is 12.1 Å². The molecular weight excluding hydrogens is 264 g/mol. The largest absolute Gasteiger partial charge is 0.304 e. The highest BCUT2D eigenvalue weighted by molar-refractivity contribution is 5.77. The van der Waals surface area contributed by atoms with Crippen molar-refractivity contribution in [3.63, 3.8) is 0 Å². The number of aromatic nitrogens is 2. The van der Waals surface area contributed by atoms with Crippen molar-refractivity contribution in [3.05, 3.63) is 40.4 Å². The van der Waals surface area contributed by atoms with E-state index in [9.17, 15) is 4.79 Å². The van der Waals surface area contributed by atoms with Crippen LogP contribution in [-0.2, 0) is 6.54 Å². The zero-order valence-electron chi connectivity index (χ0n) is 12.5. The maximum atomic E-state index is 12.5. The number of hydrogen-bond donors (Lipinski definition) is 1. The van der Waals surface area contributed by atoms with E-state index in [1.165, 1.54) is 6.42 Å². The second kappa shape index (κ2) is 6.37. The van der Waals surface area contributed by atoms with Crippen LogP contribution in [0.15, 0.2) is 29.1 Å². The van der Waals surface area contributed by atoms with Crippen LogP contribution >= 0.6 is 0 Å². The van der Waals surface area contributed by atoms with Crippen molar-refractivity contribution in [2.24, 2.45) is 0 Å². The average molecular weight is 286 g/mol.